The summed E-state index contributed by atoms with van der Waals surface area (Å²) < 4.78 is 39.5. The molecule has 9 heteroatoms. The number of benzene rings is 1. The Morgan fingerprint density at radius 1 is 1.23 bits per heavy atom. The van der Waals surface area contributed by atoms with E-state index in [1.54, 1.807) is 6.07 Å². The van der Waals surface area contributed by atoms with Crippen molar-refractivity contribution in [1.82, 2.24) is 10.3 Å². The number of carboxylic acid groups (broad SMARTS) is 1. The van der Waals surface area contributed by atoms with E-state index in [4.69, 9.17) is 16.7 Å². The van der Waals surface area contributed by atoms with Crippen molar-refractivity contribution in [3.8, 4) is 0 Å². The number of aromatic nitrogens is 1. The van der Waals surface area contributed by atoms with Crippen LogP contribution in [-0.2, 0) is 6.18 Å². The number of carbonyl (C=O) groups is 1. The number of amides is 1. The van der Waals surface area contributed by atoms with Crippen molar-refractivity contribution in [3.05, 3.63) is 35.0 Å². The number of alkyl halides is 3. The van der Waals surface area contributed by atoms with Crippen LogP contribution in [0, 0.1) is 0 Å². The van der Waals surface area contributed by atoms with Gasteiger partial charge in [-0.25, -0.2) is 9.78 Å². The third kappa shape index (κ3) is 4.30. The maximum Gasteiger partial charge on any atom is 0.433 e. The van der Waals surface area contributed by atoms with E-state index in [-0.39, 0.29) is 17.6 Å². The van der Waals surface area contributed by atoms with Gasteiger partial charge >= 0.3 is 12.3 Å². The summed E-state index contributed by atoms with van der Waals surface area (Å²) in [6.45, 7) is 0. The molecule has 1 aromatic carbocycles. The second kappa shape index (κ2) is 7.19. The molecule has 0 bridgehead atoms. The van der Waals surface area contributed by atoms with Crippen LogP contribution in [0.15, 0.2) is 24.3 Å². The fraction of sp³-hybridized carbons (Fsp3) is 0.412. The average molecular weight is 388 g/mol. The molecule has 5 nitrogen and oxygen atoms in total. The maximum atomic E-state index is 13.2. The minimum absolute atomic E-state index is 0.147. The number of rotatable bonds is 3. The van der Waals surface area contributed by atoms with Crippen LogP contribution in [-0.4, -0.2) is 28.3 Å². The first kappa shape index (κ1) is 18.6. The lowest BCUT2D eigenvalue weighted by molar-refractivity contribution is -0.140. The molecule has 3 rings (SSSR count). The largest absolute Gasteiger partial charge is 0.465 e. The minimum atomic E-state index is -4.57. The second-order valence-corrected chi connectivity index (χ2v) is 6.81. The van der Waals surface area contributed by atoms with Crippen molar-refractivity contribution in [1.29, 1.82) is 0 Å². The van der Waals surface area contributed by atoms with E-state index in [2.05, 4.69) is 15.6 Å². The van der Waals surface area contributed by atoms with Crippen LogP contribution in [0.2, 0.25) is 5.02 Å². The SMILES string of the molecule is O=C(O)N[C@@H]1CCC[C@H](Nc2cc(C(F)(F)F)nc3ccc(Cl)cc23)C1. The maximum absolute atomic E-state index is 13.2. The molecule has 1 aromatic heterocycles. The lowest BCUT2D eigenvalue weighted by Crippen LogP contribution is -2.41. The number of halogens is 4. The van der Waals surface area contributed by atoms with Crippen LogP contribution in [0.25, 0.3) is 10.9 Å². The van der Waals surface area contributed by atoms with Gasteiger partial charge in [0.25, 0.3) is 0 Å². The Hall–Kier alpha value is -2.22. The van der Waals surface area contributed by atoms with Gasteiger partial charge in [-0.05, 0) is 49.9 Å². The first-order valence-electron chi connectivity index (χ1n) is 8.16. The van der Waals surface area contributed by atoms with E-state index < -0.39 is 18.0 Å². The average Bonchev–Trinajstić information content (AvgIpc) is 2.54. The van der Waals surface area contributed by atoms with Gasteiger partial charge in [0.05, 0.1) is 5.52 Å². The minimum Gasteiger partial charge on any atom is -0.465 e. The lowest BCUT2D eigenvalue weighted by Gasteiger charge is -2.30. The van der Waals surface area contributed by atoms with Gasteiger partial charge in [-0.2, -0.15) is 13.2 Å². The summed E-state index contributed by atoms with van der Waals surface area (Å²) in [4.78, 5) is 14.5. The molecule has 0 unspecified atom stereocenters. The Labute approximate surface area is 152 Å². The van der Waals surface area contributed by atoms with Gasteiger partial charge in [-0.1, -0.05) is 11.6 Å². The molecule has 1 saturated carbocycles. The van der Waals surface area contributed by atoms with E-state index in [1.807, 2.05) is 0 Å². The lowest BCUT2D eigenvalue weighted by atomic mass is 9.90. The zero-order valence-electron chi connectivity index (χ0n) is 13.6. The van der Waals surface area contributed by atoms with Crippen LogP contribution < -0.4 is 10.6 Å². The summed E-state index contributed by atoms with van der Waals surface area (Å²) >= 11 is 5.99. The highest BCUT2D eigenvalue weighted by molar-refractivity contribution is 6.31. The summed E-state index contributed by atoms with van der Waals surface area (Å²) in [6.07, 6.45) is -2.94. The topological polar surface area (TPSA) is 74.2 Å². The van der Waals surface area contributed by atoms with Gasteiger partial charge in [0.2, 0.25) is 0 Å². The van der Waals surface area contributed by atoms with Crippen LogP contribution in [0.5, 0.6) is 0 Å². The Morgan fingerprint density at radius 2 is 1.96 bits per heavy atom. The Morgan fingerprint density at radius 3 is 2.65 bits per heavy atom. The molecule has 2 aromatic rings. The first-order chi connectivity index (χ1) is 12.2. The Kier molecular flexibility index (Phi) is 5.13. The van der Waals surface area contributed by atoms with Crippen molar-refractivity contribution in [2.24, 2.45) is 0 Å². The highest BCUT2D eigenvalue weighted by Gasteiger charge is 2.34. The highest BCUT2D eigenvalue weighted by Crippen LogP contribution is 2.35. The number of nitrogens with zero attached hydrogens (tertiary/aromatic N) is 1. The summed E-state index contributed by atoms with van der Waals surface area (Å²) in [7, 11) is 0. The van der Waals surface area contributed by atoms with Crippen molar-refractivity contribution < 1.29 is 23.1 Å². The molecule has 1 aliphatic rings. The fourth-order valence-electron chi connectivity index (χ4n) is 3.31. The molecule has 1 heterocycles. The third-order valence-electron chi connectivity index (χ3n) is 4.42. The molecule has 1 aliphatic carbocycles. The molecule has 26 heavy (non-hydrogen) atoms. The molecule has 0 spiro atoms. The van der Waals surface area contributed by atoms with Gasteiger partial charge in [0.15, 0.2) is 0 Å². The molecule has 1 amide bonds. The Balaban J connectivity index is 1.92. The quantitative estimate of drug-likeness (QED) is 0.700. The van der Waals surface area contributed by atoms with Crippen LogP contribution >= 0.6 is 11.6 Å². The summed E-state index contributed by atoms with van der Waals surface area (Å²) in [6, 6.07) is 5.13. The molecule has 1 fully saturated rings. The number of anilines is 1. The summed E-state index contributed by atoms with van der Waals surface area (Å²) in [5, 5.41) is 15.3. The Bertz CT molecular complexity index is 829. The first-order valence-corrected chi connectivity index (χ1v) is 8.53. The van der Waals surface area contributed by atoms with E-state index in [0.29, 0.717) is 28.9 Å². The van der Waals surface area contributed by atoms with Crippen LogP contribution in [0.4, 0.5) is 23.7 Å². The smallest absolute Gasteiger partial charge is 0.433 e. The molecular formula is C17H17ClF3N3O2. The van der Waals surface area contributed by atoms with E-state index in [9.17, 15) is 18.0 Å². The molecule has 0 radical (unpaired) electrons. The molecule has 2 atom stereocenters. The normalized spacial score (nSPS) is 20.8. The number of nitrogens with one attached hydrogen (secondary N) is 2. The van der Waals surface area contributed by atoms with Gasteiger partial charge in [-0.15, -0.1) is 0 Å². The number of hydrogen-bond donors (Lipinski definition) is 3. The number of hydrogen-bond acceptors (Lipinski definition) is 3. The van der Waals surface area contributed by atoms with Crippen molar-refractivity contribution >= 4 is 34.3 Å². The van der Waals surface area contributed by atoms with Crippen molar-refractivity contribution in [2.75, 3.05) is 5.32 Å². The van der Waals surface area contributed by atoms with E-state index in [0.717, 1.165) is 18.9 Å². The molecular weight excluding hydrogens is 371 g/mol. The highest BCUT2D eigenvalue weighted by atomic mass is 35.5. The zero-order valence-corrected chi connectivity index (χ0v) is 14.4. The molecule has 140 valence electrons. The van der Waals surface area contributed by atoms with Crippen molar-refractivity contribution in [3.63, 3.8) is 0 Å². The summed E-state index contributed by atoms with van der Waals surface area (Å²) in [5.41, 5.74) is -0.487. The van der Waals surface area contributed by atoms with Gasteiger partial charge in [-0.3, -0.25) is 0 Å². The second-order valence-electron chi connectivity index (χ2n) is 6.37. The van der Waals surface area contributed by atoms with Gasteiger partial charge < -0.3 is 15.7 Å². The molecule has 0 saturated heterocycles. The zero-order chi connectivity index (χ0) is 18.9. The van der Waals surface area contributed by atoms with Gasteiger partial charge in [0.1, 0.15) is 5.69 Å². The predicted molar refractivity (Wildman–Crippen MR) is 92.6 cm³/mol. The van der Waals surface area contributed by atoms with Crippen LogP contribution in [0.1, 0.15) is 31.4 Å². The number of fused-ring (bicyclic) bond motifs is 1. The molecule has 0 aliphatic heterocycles. The third-order valence-corrected chi connectivity index (χ3v) is 4.66. The fourth-order valence-corrected chi connectivity index (χ4v) is 3.48. The monoisotopic (exact) mass is 387 g/mol. The standard InChI is InChI=1S/C17H17ClF3N3O2/c18-9-4-5-13-12(6-9)14(8-15(24-13)17(19,20)21)22-10-2-1-3-11(7-10)23-16(25)26/h4-6,8,10-11,23H,1-3,7H2,(H,22,24)(H,25,26)/t10-,11+/m0/s1. The summed E-state index contributed by atoms with van der Waals surface area (Å²) in [5.74, 6) is 0. The van der Waals surface area contributed by atoms with E-state index >= 15 is 0 Å². The van der Waals surface area contributed by atoms with E-state index in [1.165, 1.54) is 12.1 Å². The predicted octanol–water partition coefficient (Wildman–Crippen LogP) is 4.90. The van der Waals surface area contributed by atoms with Crippen LogP contribution in [0.3, 0.4) is 0 Å². The number of pyridine rings is 1. The van der Waals surface area contributed by atoms with Gasteiger partial charge in [0, 0.05) is 28.2 Å². The molecule has 3 N–H and O–H groups in total. The van der Waals surface area contributed by atoms with Crippen molar-refractivity contribution in [2.45, 2.75) is 43.9 Å².